The number of nitro benzene ring substituents is 1. The molecule has 0 bridgehead atoms. The highest BCUT2D eigenvalue weighted by Crippen LogP contribution is 2.37. The Balaban J connectivity index is 1.62. The zero-order valence-electron chi connectivity index (χ0n) is 16.8. The summed E-state index contributed by atoms with van der Waals surface area (Å²) in [6.07, 6.45) is 3.64. The molecule has 1 aliphatic heterocycles. The number of aromatic carboxylic acids is 1. The second-order valence-corrected chi connectivity index (χ2v) is 7.41. The van der Waals surface area contributed by atoms with Gasteiger partial charge in [0.05, 0.1) is 27.8 Å². The Morgan fingerprint density at radius 3 is 2.81 bits per heavy atom. The van der Waals surface area contributed by atoms with Crippen LogP contribution in [0.4, 0.5) is 5.69 Å². The first-order valence-corrected chi connectivity index (χ1v) is 9.89. The van der Waals surface area contributed by atoms with Crippen LogP contribution >= 0.6 is 0 Å². The minimum Gasteiger partial charge on any atom is -0.488 e. The highest BCUT2D eigenvalue weighted by molar-refractivity contribution is 5.92. The van der Waals surface area contributed by atoms with E-state index in [0.29, 0.717) is 30.0 Å². The van der Waals surface area contributed by atoms with Crippen LogP contribution in [0.1, 0.15) is 27.0 Å². The summed E-state index contributed by atoms with van der Waals surface area (Å²) in [6, 6.07) is 17.3. The second kappa shape index (κ2) is 7.66. The van der Waals surface area contributed by atoms with E-state index in [1.807, 2.05) is 34.9 Å². The number of fused-ring (bicyclic) bond motifs is 3. The molecular weight excluding hydrogens is 410 g/mol. The lowest BCUT2D eigenvalue weighted by atomic mass is 9.93. The average Bonchev–Trinajstić information content (AvgIpc) is 3.13. The zero-order chi connectivity index (χ0) is 22.2. The molecule has 0 saturated heterocycles. The van der Waals surface area contributed by atoms with E-state index >= 15 is 0 Å². The van der Waals surface area contributed by atoms with Crippen molar-refractivity contribution in [2.75, 3.05) is 0 Å². The smallest absolute Gasteiger partial charge is 0.335 e. The fraction of sp³-hybridized carbons (Fsp3) is 0.0833. The number of non-ortho nitro benzene ring substituents is 1. The maximum Gasteiger partial charge on any atom is 0.335 e. The first-order chi connectivity index (χ1) is 15.5. The number of benzene rings is 3. The Morgan fingerprint density at radius 2 is 2.00 bits per heavy atom. The molecule has 0 radical (unpaired) electrons. The molecule has 2 heterocycles. The van der Waals surface area contributed by atoms with Crippen LogP contribution in [-0.2, 0) is 13.2 Å². The van der Waals surface area contributed by atoms with Crippen molar-refractivity contribution in [1.29, 1.82) is 0 Å². The van der Waals surface area contributed by atoms with E-state index in [1.54, 1.807) is 24.5 Å². The van der Waals surface area contributed by atoms with Gasteiger partial charge in [-0.05, 0) is 41.0 Å². The maximum atomic E-state index is 11.6. The van der Waals surface area contributed by atoms with Crippen molar-refractivity contribution in [2.45, 2.75) is 13.2 Å². The fourth-order valence-corrected chi connectivity index (χ4v) is 3.93. The van der Waals surface area contributed by atoms with Gasteiger partial charge in [-0.15, -0.1) is 0 Å². The standard InChI is InChI=1S/C24H17N3O5/c28-24(29)15-5-8-23-20(11-15)19(18-4-2-1-3-16(18)13-32-23)9-10-26-14-25-21-12-17(27(30)31)6-7-22(21)26/h1-9,11-12,14H,10,13H2,(H,28,29)/b19-9+. The lowest BCUT2D eigenvalue weighted by Crippen LogP contribution is -2.00. The molecule has 1 N–H and O–H groups in total. The van der Waals surface area contributed by atoms with E-state index in [0.717, 1.165) is 22.2 Å². The van der Waals surface area contributed by atoms with Gasteiger partial charge in [0.15, 0.2) is 0 Å². The number of aromatic nitrogens is 2. The fourth-order valence-electron chi connectivity index (χ4n) is 3.93. The Bertz CT molecular complexity index is 1420. The van der Waals surface area contributed by atoms with Crippen LogP contribution in [0.15, 0.2) is 73.1 Å². The third-order valence-corrected chi connectivity index (χ3v) is 5.51. The van der Waals surface area contributed by atoms with Crippen LogP contribution in [0.25, 0.3) is 16.6 Å². The molecular formula is C24H17N3O5. The minimum absolute atomic E-state index is 0.00826. The van der Waals surface area contributed by atoms with Crippen molar-refractivity contribution >= 4 is 28.3 Å². The topological polar surface area (TPSA) is 107 Å². The summed E-state index contributed by atoms with van der Waals surface area (Å²) in [5.41, 5.74) is 5.01. The number of rotatable bonds is 4. The molecule has 0 spiro atoms. The molecule has 0 fully saturated rings. The minimum atomic E-state index is -1.01. The summed E-state index contributed by atoms with van der Waals surface area (Å²) in [5, 5.41) is 20.5. The number of hydrogen-bond acceptors (Lipinski definition) is 5. The third-order valence-electron chi connectivity index (χ3n) is 5.51. The lowest BCUT2D eigenvalue weighted by molar-refractivity contribution is -0.384. The number of imidazole rings is 1. The Hall–Kier alpha value is -4.46. The number of nitro groups is 1. The molecule has 0 amide bonds. The molecule has 0 saturated carbocycles. The lowest BCUT2D eigenvalue weighted by Gasteiger charge is -2.12. The summed E-state index contributed by atoms with van der Waals surface area (Å²) in [7, 11) is 0. The molecule has 1 aliphatic rings. The van der Waals surface area contributed by atoms with Crippen LogP contribution in [0, 0.1) is 10.1 Å². The first-order valence-electron chi connectivity index (χ1n) is 9.89. The van der Waals surface area contributed by atoms with E-state index in [1.165, 1.54) is 18.2 Å². The first kappa shape index (κ1) is 19.5. The maximum absolute atomic E-state index is 11.6. The van der Waals surface area contributed by atoms with Gasteiger partial charge in [0, 0.05) is 24.2 Å². The summed E-state index contributed by atoms with van der Waals surface area (Å²) < 4.78 is 7.86. The molecule has 4 aromatic rings. The summed E-state index contributed by atoms with van der Waals surface area (Å²) in [5.74, 6) is -0.393. The third kappa shape index (κ3) is 3.37. The van der Waals surface area contributed by atoms with Crippen LogP contribution in [-0.4, -0.2) is 25.6 Å². The number of allylic oxidation sites excluding steroid dienone is 1. The van der Waals surface area contributed by atoms with E-state index < -0.39 is 10.9 Å². The number of carboxylic acids is 1. The van der Waals surface area contributed by atoms with Gasteiger partial charge in [-0.25, -0.2) is 9.78 Å². The number of carboxylic acid groups (broad SMARTS) is 1. The van der Waals surface area contributed by atoms with Gasteiger partial charge in [0.2, 0.25) is 0 Å². The molecule has 0 atom stereocenters. The molecule has 8 heteroatoms. The molecule has 3 aromatic carbocycles. The molecule has 158 valence electrons. The van der Waals surface area contributed by atoms with Crippen molar-refractivity contribution in [2.24, 2.45) is 0 Å². The van der Waals surface area contributed by atoms with Crippen molar-refractivity contribution in [1.82, 2.24) is 9.55 Å². The molecule has 32 heavy (non-hydrogen) atoms. The van der Waals surface area contributed by atoms with Crippen molar-refractivity contribution < 1.29 is 19.6 Å². The largest absolute Gasteiger partial charge is 0.488 e. The van der Waals surface area contributed by atoms with Gasteiger partial charge in [-0.3, -0.25) is 10.1 Å². The number of nitrogens with zero attached hydrogens (tertiary/aromatic N) is 3. The Morgan fingerprint density at radius 1 is 1.16 bits per heavy atom. The number of carbonyl (C=O) groups is 1. The molecule has 1 aromatic heterocycles. The highest BCUT2D eigenvalue weighted by atomic mass is 16.6. The van der Waals surface area contributed by atoms with Gasteiger partial charge in [0.25, 0.3) is 5.69 Å². The van der Waals surface area contributed by atoms with Crippen LogP contribution in [0.2, 0.25) is 0 Å². The van der Waals surface area contributed by atoms with Gasteiger partial charge >= 0.3 is 5.97 Å². The zero-order valence-corrected chi connectivity index (χ0v) is 16.8. The quantitative estimate of drug-likeness (QED) is 0.375. The monoisotopic (exact) mass is 427 g/mol. The molecule has 0 aliphatic carbocycles. The summed E-state index contributed by atoms with van der Waals surface area (Å²) >= 11 is 0. The highest BCUT2D eigenvalue weighted by Gasteiger charge is 2.20. The second-order valence-electron chi connectivity index (χ2n) is 7.41. The predicted molar refractivity (Wildman–Crippen MR) is 118 cm³/mol. The summed E-state index contributed by atoms with van der Waals surface area (Å²) in [6.45, 7) is 0.819. The van der Waals surface area contributed by atoms with E-state index in [9.17, 15) is 20.0 Å². The van der Waals surface area contributed by atoms with E-state index in [4.69, 9.17) is 4.74 Å². The SMILES string of the molecule is O=C(O)c1ccc2c(c1)/C(=C/Cn1cnc3cc([N+](=O)[O-])ccc31)c1ccccc1CO2. The van der Waals surface area contributed by atoms with Gasteiger partial charge in [0.1, 0.15) is 12.4 Å². The van der Waals surface area contributed by atoms with Crippen LogP contribution in [0.3, 0.4) is 0 Å². The van der Waals surface area contributed by atoms with Crippen molar-refractivity contribution in [3.8, 4) is 5.75 Å². The predicted octanol–water partition coefficient (Wildman–Crippen LogP) is 4.67. The van der Waals surface area contributed by atoms with E-state index in [-0.39, 0.29) is 11.3 Å². The summed E-state index contributed by atoms with van der Waals surface area (Å²) in [4.78, 5) is 26.5. The number of ether oxygens (including phenoxy) is 1. The van der Waals surface area contributed by atoms with E-state index in [2.05, 4.69) is 4.98 Å². The van der Waals surface area contributed by atoms with Crippen LogP contribution in [0.5, 0.6) is 5.75 Å². The number of hydrogen-bond donors (Lipinski definition) is 1. The molecule has 5 rings (SSSR count). The normalized spacial score (nSPS) is 13.8. The van der Waals surface area contributed by atoms with Gasteiger partial charge in [-0.1, -0.05) is 30.3 Å². The van der Waals surface area contributed by atoms with Gasteiger partial charge in [-0.2, -0.15) is 0 Å². The van der Waals surface area contributed by atoms with Crippen LogP contribution < -0.4 is 4.74 Å². The van der Waals surface area contributed by atoms with Gasteiger partial charge < -0.3 is 14.4 Å². The Kier molecular flexibility index (Phi) is 4.67. The Labute approximate surface area is 182 Å². The van der Waals surface area contributed by atoms with Crippen molar-refractivity contribution in [3.05, 3.63) is 105 Å². The van der Waals surface area contributed by atoms with Crippen molar-refractivity contribution in [3.63, 3.8) is 0 Å². The molecule has 8 nitrogen and oxygen atoms in total. The molecule has 0 unspecified atom stereocenters. The average molecular weight is 427 g/mol.